The molecule has 10 nitrogen and oxygen atoms in total. The summed E-state index contributed by atoms with van der Waals surface area (Å²) >= 11 is 0. The van der Waals surface area contributed by atoms with E-state index >= 15 is 0 Å². The van der Waals surface area contributed by atoms with Gasteiger partial charge in [-0.15, -0.1) is 0 Å². The average Bonchev–Trinajstić information content (AvgIpc) is 3.08. The Morgan fingerprint density at radius 3 is 2.30 bits per heavy atom. The number of hydrogen-bond acceptors (Lipinski definition) is 7. The second kappa shape index (κ2) is 8.88. The highest BCUT2D eigenvalue weighted by molar-refractivity contribution is 5.98. The van der Waals surface area contributed by atoms with Crippen LogP contribution in [-0.4, -0.2) is 42.2 Å². The molecular formula is C17H22N4O6. The number of nitrogens with one attached hydrogen (secondary N) is 3. The molecule has 1 aromatic carbocycles. The molecule has 0 aliphatic carbocycles. The molecule has 1 heterocycles. The number of aromatic nitrogens is 2. The zero-order valence-electron chi connectivity index (χ0n) is 15.5. The van der Waals surface area contributed by atoms with Crippen LogP contribution < -0.4 is 25.9 Å². The minimum atomic E-state index is -0.798. The van der Waals surface area contributed by atoms with E-state index in [0.29, 0.717) is 17.1 Å². The SMILES string of the molecule is COc1cc(OC)cc(C(=O)N[C@@H](C(=O)NCc2noc(=O)[nH]2)C(C)C)c1. The van der Waals surface area contributed by atoms with Gasteiger partial charge in [-0.3, -0.25) is 19.1 Å². The molecule has 1 atom stereocenters. The Morgan fingerprint density at radius 1 is 1.19 bits per heavy atom. The van der Waals surface area contributed by atoms with Gasteiger partial charge < -0.3 is 20.1 Å². The molecule has 0 saturated carbocycles. The minimum Gasteiger partial charge on any atom is -0.497 e. The van der Waals surface area contributed by atoms with Crippen molar-refractivity contribution in [2.24, 2.45) is 5.92 Å². The average molecular weight is 378 g/mol. The Kier molecular flexibility index (Phi) is 6.58. The summed E-state index contributed by atoms with van der Waals surface area (Å²) in [4.78, 5) is 38.3. The number of aromatic amines is 1. The lowest BCUT2D eigenvalue weighted by Crippen LogP contribution is -2.49. The van der Waals surface area contributed by atoms with E-state index in [4.69, 9.17) is 9.47 Å². The van der Waals surface area contributed by atoms with E-state index in [2.05, 4.69) is 25.3 Å². The number of hydrogen-bond donors (Lipinski definition) is 3. The van der Waals surface area contributed by atoms with Crippen molar-refractivity contribution in [3.8, 4) is 11.5 Å². The van der Waals surface area contributed by atoms with Crippen molar-refractivity contribution in [3.05, 3.63) is 40.1 Å². The monoisotopic (exact) mass is 378 g/mol. The highest BCUT2D eigenvalue weighted by Gasteiger charge is 2.25. The van der Waals surface area contributed by atoms with Crippen LogP contribution in [0.15, 0.2) is 27.5 Å². The topological polar surface area (TPSA) is 136 Å². The summed E-state index contributed by atoms with van der Waals surface area (Å²) in [6, 6.07) is 3.94. The molecule has 27 heavy (non-hydrogen) atoms. The van der Waals surface area contributed by atoms with E-state index < -0.39 is 23.6 Å². The predicted octanol–water partition coefficient (Wildman–Crippen LogP) is 0.451. The van der Waals surface area contributed by atoms with Crippen molar-refractivity contribution in [1.82, 2.24) is 20.8 Å². The fourth-order valence-corrected chi connectivity index (χ4v) is 2.32. The van der Waals surface area contributed by atoms with E-state index in [1.54, 1.807) is 32.0 Å². The van der Waals surface area contributed by atoms with E-state index in [1.165, 1.54) is 14.2 Å². The smallest absolute Gasteiger partial charge is 0.438 e. The molecule has 0 unspecified atom stereocenters. The van der Waals surface area contributed by atoms with Gasteiger partial charge in [0.25, 0.3) is 5.91 Å². The quantitative estimate of drug-likeness (QED) is 0.607. The van der Waals surface area contributed by atoms with Crippen LogP contribution in [0.5, 0.6) is 11.5 Å². The van der Waals surface area contributed by atoms with Gasteiger partial charge in [0.2, 0.25) is 5.91 Å². The van der Waals surface area contributed by atoms with Gasteiger partial charge in [-0.25, -0.2) is 4.79 Å². The number of carbonyl (C=O) groups excluding carboxylic acids is 2. The Labute approximate surface area is 155 Å². The Hall–Kier alpha value is -3.30. The first-order valence-electron chi connectivity index (χ1n) is 8.20. The van der Waals surface area contributed by atoms with Gasteiger partial charge in [0.1, 0.15) is 17.5 Å². The van der Waals surface area contributed by atoms with Crippen molar-refractivity contribution in [2.45, 2.75) is 26.4 Å². The molecule has 2 aromatic rings. The van der Waals surface area contributed by atoms with Crippen molar-refractivity contribution >= 4 is 11.8 Å². The highest BCUT2D eigenvalue weighted by atomic mass is 16.5. The first kappa shape index (κ1) is 20.0. The second-order valence-corrected chi connectivity index (χ2v) is 6.06. The van der Waals surface area contributed by atoms with Crippen LogP contribution in [0, 0.1) is 5.92 Å². The summed E-state index contributed by atoms with van der Waals surface area (Å²) in [5.41, 5.74) is 0.297. The summed E-state index contributed by atoms with van der Waals surface area (Å²) in [6.45, 7) is 3.57. The van der Waals surface area contributed by atoms with Crippen molar-refractivity contribution < 1.29 is 23.6 Å². The summed E-state index contributed by atoms with van der Waals surface area (Å²) in [5, 5.41) is 8.76. The molecule has 0 saturated heterocycles. The zero-order valence-corrected chi connectivity index (χ0v) is 15.5. The van der Waals surface area contributed by atoms with Gasteiger partial charge in [0.15, 0.2) is 5.82 Å². The van der Waals surface area contributed by atoms with Crippen LogP contribution in [0.1, 0.15) is 30.0 Å². The number of benzene rings is 1. The normalized spacial score (nSPS) is 11.7. The predicted molar refractivity (Wildman–Crippen MR) is 94.6 cm³/mol. The zero-order chi connectivity index (χ0) is 20.0. The first-order chi connectivity index (χ1) is 12.8. The Morgan fingerprint density at radius 2 is 1.81 bits per heavy atom. The number of rotatable bonds is 8. The van der Waals surface area contributed by atoms with E-state index in [-0.39, 0.29) is 18.3 Å². The van der Waals surface area contributed by atoms with E-state index in [9.17, 15) is 14.4 Å². The van der Waals surface area contributed by atoms with Crippen LogP contribution in [0.25, 0.3) is 0 Å². The molecular weight excluding hydrogens is 356 g/mol. The third-order valence-corrected chi connectivity index (χ3v) is 3.76. The molecule has 0 bridgehead atoms. The van der Waals surface area contributed by atoms with Crippen molar-refractivity contribution in [2.75, 3.05) is 14.2 Å². The van der Waals surface area contributed by atoms with E-state index in [1.807, 2.05) is 0 Å². The second-order valence-electron chi connectivity index (χ2n) is 6.06. The molecule has 0 fully saturated rings. The van der Waals surface area contributed by atoms with Crippen molar-refractivity contribution in [3.63, 3.8) is 0 Å². The highest BCUT2D eigenvalue weighted by Crippen LogP contribution is 2.22. The molecule has 0 spiro atoms. The van der Waals surface area contributed by atoms with E-state index in [0.717, 1.165) is 0 Å². The number of ether oxygens (including phenoxy) is 2. The lowest BCUT2D eigenvalue weighted by Gasteiger charge is -2.21. The summed E-state index contributed by atoms with van der Waals surface area (Å²) in [7, 11) is 2.96. The van der Waals surface area contributed by atoms with Crippen LogP contribution in [0.2, 0.25) is 0 Å². The maximum Gasteiger partial charge on any atom is 0.438 e. The summed E-state index contributed by atoms with van der Waals surface area (Å²) < 4.78 is 14.7. The molecule has 146 valence electrons. The fraction of sp³-hybridized carbons (Fsp3) is 0.412. The maximum atomic E-state index is 12.6. The molecule has 3 N–H and O–H groups in total. The third kappa shape index (κ3) is 5.33. The van der Waals surface area contributed by atoms with Crippen LogP contribution in [-0.2, 0) is 11.3 Å². The molecule has 10 heteroatoms. The number of carbonyl (C=O) groups is 2. The van der Waals surface area contributed by atoms with Crippen molar-refractivity contribution in [1.29, 1.82) is 0 Å². The van der Waals surface area contributed by atoms with Crippen LogP contribution in [0.4, 0.5) is 0 Å². The number of nitrogens with zero attached hydrogens (tertiary/aromatic N) is 1. The molecule has 0 aliphatic rings. The number of amides is 2. The fourth-order valence-electron chi connectivity index (χ4n) is 2.32. The number of methoxy groups -OCH3 is 2. The molecule has 2 rings (SSSR count). The molecule has 0 aliphatic heterocycles. The van der Waals surface area contributed by atoms with Gasteiger partial charge in [-0.2, -0.15) is 0 Å². The largest absolute Gasteiger partial charge is 0.497 e. The minimum absolute atomic E-state index is 0.0311. The molecule has 1 aromatic heterocycles. The first-order valence-corrected chi connectivity index (χ1v) is 8.20. The third-order valence-electron chi connectivity index (χ3n) is 3.76. The molecule has 2 amide bonds. The maximum absolute atomic E-state index is 12.6. The van der Waals surface area contributed by atoms with Gasteiger partial charge >= 0.3 is 5.76 Å². The Balaban J connectivity index is 2.09. The Bertz CT molecular complexity index is 835. The lowest BCUT2D eigenvalue weighted by atomic mass is 10.0. The van der Waals surface area contributed by atoms with Gasteiger partial charge in [-0.1, -0.05) is 19.0 Å². The van der Waals surface area contributed by atoms with Crippen LogP contribution >= 0.6 is 0 Å². The number of H-pyrrole nitrogens is 1. The molecule has 0 radical (unpaired) electrons. The summed E-state index contributed by atoms with van der Waals surface area (Å²) in [5.74, 6) is -0.662. The van der Waals surface area contributed by atoms with Gasteiger partial charge in [0.05, 0.1) is 20.8 Å². The summed E-state index contributed by atoms with van der Waals surface area (Å²) in [6.07, 6.45) is 0. The van der Waals surface area contributed by atoms with Gasteiger partial charge in [-0.05, 0) is 18.1 Å². The van der Waals surface area contributed by atoms with Gasteiger partial charge in [0, 0.05) is 11.6 Å². The lowest BCUT2D eigenvalue weighted by molar-refractivity contribution is -0.124. The standard InChI is InChI=1S/C17H22N4O6/c1-9(2)14(16(23)18-8-13-19-17(24)27-21-13)20-15(22)10-5-11(25-3)7-12(6-10)26-4/h5-7,9,14H,8H2,1-4H3,(H,18,23)(H,20,22)(H,19,21,24)/t14-/m1/s1. The van der Waals surface area contributed by atoms with Crippen LogP contribution in [0.3, 0.4) is 0 Å².